The summed E-state index contributed by atoms with van der Waals surface area (Å²) in [6.07, 6.45) is -0.901. The normalized spacial score (nSPS) is 19.4. The number of esters is 1. The van der Waals surface area contributed by atoms with E-state index in [9.17, 15) is 35.5 Å². The summed E-state index contributed by atoms with van der Waals surface area (Å²) in [5.74, 6) is -8.53. The molecule has 2 nitrogen and oxygen atoms in total. The number of hydrogen-bond donors (Lipinski definition) is 0. The van der Waals surface area contributed by atoms with Gasteiger partial charge in [-0.05, 0) is 55.2 Å². The highest BCUT2D eigenvalue weighted by Crippen LogP contribution is 2.38. The summed E-state index contributed by atoms with van der Waals surface area (Å²) >= 11 is 0. The molecule has 0 aliphatic heterocycles. The lowest BCUT2D eigenvalue weighted by Crippen LogP contribution is -2.17. The molecule has 2 aromatic rings. The molecule has 0 atom stereocenters. The van der Waals surface area contributed by atoms with Gasteiger partial charge in [-0.3, -0.25) is 0 Å². The van der Waals surface area contributed by atoms with Gasteiger partial charge >= 0.3 is 12.1 Å². The SMILES string of the molecule is CCC1CCC(c2cc(F)c(C(=O)Oc3cc(F)c(C(F)(F)F)c(F)c3)c(F)c2)CC1. The molecule has 0 saturated heterocycles. The number of alkyl halides is 3. The van der Waals surface area contributed by atoms with Crippen LogP contribution in [0.25, 0.3) is 0 Å². The van der Waals surface area contributed by atoms with Gasteiger partial charge in [0.1, 0.15) is 40.1 Å². The predicted octanol–water partition coefficient (Wildman–Crippen LogP) is 7.16. The molecule has 0 aromatic heterocycles. The summed E-state index contributed by atoms with van der Waals surface area (Å²) in [6, 6.07) is 2.29. The van der Waals surface area contributed by atoms with E-state index < -0.39 is 52.3 Å². The molecule has 0 bridgehead atoms. The van der Waals surface area contributed by atoms with Crippen LogP contribution in [0.4, 0.5) is 30.7 Å². The Labute approximate surface area is 174 Å². The maximum Gasteiger partial charge on any atom is 0.422 e. The first kappa shape index (κ1) is 23.1. The van der Waals surface area contributed by atoms with Crippen LogP contribution in [0.3, 0.4) is 0 Å². The van der Waals surface area contributed by atoms with Gasteiger partial charge in [0.25, 0.3) is 0 Å². The molecule has 3 rings (SSSR count). The zero-order valence-electron chi connectivity index (χ0n) is 16.5. The molecule has 0 heterocycles. The molecule has 1 aliphatic carbocycles. The van der Waals surface area contributed by atoms with Crippen LogP contribution in [-0.2, 0) is 6.18 Å². The molecule has 9 heteroatoms. The summed E-state index contributed by atoms with van der Waals surface area (Å²) in [5.41, 5.74) is -2.86. The van der Waals surface area contributed by atoms with Crippen molar-refractivity contribution >= 4 is 5.97 Å². The summed E-state index contributed by atoms with van der Waals surface area (Å²) in [4.78, 5) is 12.2. The Bertz CT molecular complexity index is 930. The molecule has 2 aromatic carbocycles. The van der Waals surface area contributed by atoms with Crippen molar-refractivity contribution in [2.24, 2.45) is 5.92 Å². The van der Waals surface area contributed by atoms with Crippen molar-refractivity contribution in [3.8, 4) is 5.75 Å². The lowest BCUT2D eigenvalue weighted by molar-refractivity contribution is -0.142. The number of ether oxygens (including phenoxy) is 1. The van der Waals surface area contributed by atoms with E-state index in [0.717, 1.165) is 44.2 Å². The number of benzene rings is 2. The van der Waals surface area contributed by atoms with E-state index in [-0.39, 0.29) is 18.1 Å². The van der Waals surface area contributed by atoms with Crippen LogP contribution in [0.5, 0.6) is 5.75 Å². The third-order valence-electron chi connectivity index (χ3n) is 5.67. The van der Waals surface area contributed by atoms with Crippen molar-refractivity contribution in [2.75, 3.05) is 0 Å². The van der Waals surface area contributed by atoms with Crippen molar-refractivity contribution in [3.63, 3.8) is 0 Å². The molecule has 168 valence electrons. The minimum absolute atomic E-state index is 0.0602. The molecule has 0 radical (unpaired) electrons. The van der Waals surface area contributed by atoms with Gasteiger partial charge in [0.15, 0.2) is 0 Å². The maximum atomic E-state index is 14.5. The molecule has 0 unspecified atom stereocenters. The lowest BCUT2D eigenvalue weighted by atomic mass is 9.77. The van der Waals surface area contributed by atoms with Gasteiger partial charge in [0, 0.05) is 12.1 Å². The Morgan fingerprint density at radius 2 is 1.42 bits per heavy atom. The van der Waals surface area contributed by atoms with E-state index >= 15 is 0 Å². The summed E-state index contributed by atoms with van der Waals surface area (Å²) in [5, 5.41) is 0. The summed E-state index contributed by atoms with van der Waals surface area (Å²) < 4.78 is 98.7. The Morgan fingerprint density at radius 1 is 0.903 bits per heavy atom. The molecule has 1 saturated carbocycles. The van der Waals surface area contributed by atoms with Crippen molar-refractivity contribution in [3.05, 3.63) is 64.2 Å². The lowest BCUT2D eigenvalue weighted by Gasteiger charge is -2.28. The standard InChI is InChI=1S/C22H19F7O2/c1-2-11-3-5-12(6-4-11)13-7-15(23)19(16(24)8-13)21(30)31-14-9-17(25)20(18(26)10-14)22(27,28)29/h7-12H,2-6H2,1H3. The van der Waals surface area contributed by atoms with Crippen molar-refractivity contribution in [2.45, 2.75) is 51.1 Å². The van der Waals surface area contributed by atoms with Crippen molar-refractivity contribution in [1.29, 1.82) is 0 Å². The van der Waals surface area contributed by atoms with Crippen molar-refractivity contribution < 1.29 is 40.3 Å². The van der Waals surface area contributed by atoms with Crippen molar-refractivity contribution in [1.82, 2.24) is 0 Å². The van der Waals surface area contributed by atoms with Crippen LogP contribution < -0.4 is 4.74 Å². The van der Waals surface area contributed by atoms with E-state index in [1.54, 1.807) is 0 Å². The number of rotatable bonds is 4. The average molecular weight is 448 g/mol. The third-order valence-corrected chi connectivity index (χ3v) is 5.67. The Hall–Kier alpha value is -2.58. The molecule has 0 N–H and O–H groups in total. The highest BCUT2D eigenvalue weighted by Gasteiger charge is 2.38. The predicted molar refractivity (Wildman–Crippen MR) is 97.7 cm³/mol. The van der Waals surface area contributed by atoms with Crippen LogP contribution in [0.2, 0.25) is 0 Å². The zero-order valence-corrected chi connectivity index (χ0v) is 16.5. The highest BCUT2D eigenvalue weighted by atomic mass is 19.4. The van der Waals surface area contributed by atoms with Crippen LogP contribution in [0.15, 0.2) is 24.3 Å². The van der Waals surface area contributed by atoms with Crippen LogP contribution in [-0.4, -0.2) is 5.97 Å². The van der Waals surface area contributed by atoms with E-state index in [1.807, 2.05) is 0 Å². The van der Waals surface area contributed by atoms with Crippen LogP contribution >= 0.6 is 0 Å². The monoisotopic (exact) mass is 448 g/mol. The van der Waals surface area contributed by atoms with Gasteiger partial charge in [-0.1, -0.05) is 13.3 Å². The topological polar surface area (TPSA) is 26.3 Å². The number of carbonyl (C=O) groups excluding carboxylic acids is 1. The van der Waals surface area contributed by atoms with Gasteiger partial charge in [0.2, 0.25) is 0 Å². The minimum Gasteiger partial charge on any atom is -0.423 e. The Balaban J connectivity index is 1.81. The van der Waals surface area contributed by atoms with Gasteiger partial charge in [0.05, 0.1) is 0 Å². The van der Waals surface area contributed by atoms with Gasteiger partial charge in [-0.2, -0.15) is 13.2 Å². The Morgan fingerprint density at radius 3 is 1.87 bits per heavy atom. The average Bonchev–Trinajstić information content (AvgIpc) is 2.65. The highest BCUT2D eigenvalue weighted by molar-refractivity contribution is 5.91. The molecular weight excluding hydrogens is 429 g/mol. The zero-order chi connectivity index (χ0) is 22.9. The van der Waals surface area contributed by atoms with E-state index in [4.69, 9.17) is 0 Å². The molecule has 0 amide bonds. The number of carbonyl (C=O) groups is 1. The molecule has 1 aliphatic rings. The van der Waals surface area contributed by atoms with Gasteiger partial charge in [-0.15, -0.1) is 0 Å². The first-order valence-electron chi connectivity index (χ1n) is 9.78. The third kappa shape index (κ3) is 5.02. The second-order valence-corrected chi connectivity index (χ2v) is 7.63. The number of hydrogen-bond acceptors (Lipinski definition) is 2. The summed E-state index contributed by atoms with van der Waals surface area (Å²) in [6.45, 7) is 2.08. The second kappa shape index (κ2) is 8.88. The largest absolute Gasteiger partial charge is 0.423 e. The summed E-state index contributed by atoms with van der Waals surface area (Å²) in [7, 11) is 0. The van der Waals surface area contributed by atoms with Gasteiger partial charge in [-0.25, -0.2) is 22.4 Å². The fraction of sp³-hybridized carbons (Fsp3) is 0.409. The first-order valence-corrected chi connectivity index (χ1v) is 9.78. The minimum atomic E-state index is -5.30. The van der Waals surface area contributed by atoms with Gasteiger partial charge < -0.3 is 4.74 Å². The quantitative estimate of drug-likeness (QED) is 0.282. The van der Waals surface area contributed by atoms with Crippen LogP contribution in [0.1, 0.15) is 66.4 Å². The first-order chi connectivity index (χ1) is 14.5. The fourth-order valence-corrected chi connectivity index (χ4v) is 3.97. The molecular formula is C22H19F7O2. The van der Waals surface area contributed by atoms with Crippen LogP contribution in [0, 0.1) is 29.2 Å². The molecule has 0 spiro atoms. The van der Waals surface area contributed by atoms with E-state index in [1.165, 1.54) is 0 Å². The second-order valence-electron chi connectivity index (χ2n) is 7.63. The Kier molecular flexibility index (Phi) is 6.62. The number of halogens is 7. The molecule has 31 heavy (non-hydrogen) atoms. The smallest absolute Gasteiger partial charge is 0.422 e. The molecule has 1 fully saturated rings. The fourth-order valence-electron chi connectivity index (χ4n) is 3.97. The van der Waals surface area contributed by atoms with E-state index in [0.29, 0.717) is 11.5 Å². The van der Waals surface area contributed by atoms with E-state index in [2.05, 4.69) is 11.7 Å². The maximum absolute atomic E-state index is 14.5.